The van der Waals surface area contributed by atoms with Crippen LogP contribution in [0.4, 0.5) is 0 Å². The Balaban J connectivity index is 2.32. The highest BCUT2D eigenvalue weighted by Crippen LogP contribution is 2.12. The number of ether oxygens (including phenoxy) is 1. The second-order valence-corrected chi connectivity index (χ2v) is 4.96. The highest BCUT2D eigenvalue weighted by Gasteiger charge is 2.13. The van der Waals surface area contributed by atoms with Crippen molar-refractivity contribution in [3.8, 4) is 5.75 Å². The van der Waals surface area contributed by atoms with E-state index in [1.807, 2.05) is 18.9 Å². The van der Waals surface area contributed by atoms with Crippen molar-refractivity contribution in [3.05, 3.63) is 29.8 Å². The highest BCUT2D eigenvalue weighted by molar-refractivity contribution is 5.87. The number of carbonyl (C=O) groups is 2. The number of amides is 1. The van der Waals surface area contributed by atoms with E-state index < -0.39 is 5.97 Å². The van der Waals surface area contributed by atoms with Gasteiger partial charge >= 0.3 is 5.97 Å². The lowest BCUT2D eigenvalue weighted by Gasteiger charge is -2.20. The lowest BCUT2D eigenvalue weighted by molar-refractivity contribution is -0.124. The van der Waals surface area contributed by atoms with E-state index in [0.29, 0.717) is 25.4 Å². The Kier molecular flexibility index (Phi) is 6.68. The number of benzene rings is 1. The van der Waals surface area contributed by atoms with E-state index >= 15 is 0 Å². The summed E-state index contributed by atoms with van der Waals surface area (Å²) >= 11 is 0. The standard InChI is InChI=1S/C15H22N2O4/c1-11(14(18)16-2)10-17(3)8-9-21-13-6-4-12(5-7-13)15(19)20/h4-7,11H,8-10H2,1-3H3,(H,16,18)(H,19,20). The Bertz CT molecular complexity index is 473. The smallest absolute Gasteiger partial charge is 0.335 e. The first-order valence-corrected chi connectivity index (χ1v) is 6.80. The van der Waals surface area contributed by atoms with Crippen molar-refractivity contribution in [1.29, 1.82) is 0 Å². The summed E-state index contributed by atoms with van der Waals surface area (Å²) in [5.41, 5.74) is 0.235. The molecule has 0 aliphatic carbocycles. The molecule has 1 rings (SSSR count). The van der Waals surface area contributed by atoms with E-state index in [-0.39, 0.29) is 17.4 Å². The Morgan fingerprint density at radius 3 is 2.48 bits per heavy atom. The normalized spacial score (nSPS) is 12.0. The number of hydrogen-bond donors (Lipinski definition) is 2. The molecular weight excluding hydrogens is 272 g/mol. The number of nitrogens with one attached hydrogen (secondary N) is 1. The minimum atomic E-state index is -0.954. The second-order valence-electron chi connectivity index (χ2n) is 4.96. The number of rotatable bonds is 8. The molecule has 0 aliphatic heterocycles. The van der Waals surface area contributed by atoms with Gasteiger partial charge in [0.2, 0.25) is 5.91 Å². The number of aromatic carboxylic acids is 1. The minimum Gasteiger partial charge on any atom is -0.492 e. The zero-order valence-corrected chi connectivity index (χ0v) is 12.6. The third-order valence-electron chi connectivity index (χ3n) is 3.12. The van der Waals surface area contributed by atoms with E-state index in [1.54, 1.807) is 19.2 Å². The quantitative estimate of drug-likeness (QED) is 0.750. The molecule has 0 radical (unpaired) electrons. The number of carbonyl (C=O) groups excluding carboxylic acids is 1. The molecule has 1 unspecified atom stereocenters. The summed E-state index contributed by atoms with van der Waals surface area (Å²) in [7, 11) is 3.55. The molecule has 0 aliphatic rings. The minimum absolute atomic E-state index is 0.0204. The summed E-state index contributed by atoms with van der Waals surface area (Å²) in [5.74, 6) is -0.376. The van der Waals surface area contributed by atoms with Gasteiger partial charge in [-0.05, 0) is 31.3 Å². The summed E-state index contributed by atoms with van der Waals surface area (Å²) in [6.07, 6.45) is 0. The maximum absolute atomic E-state index is 11.4. The van der Waals surface area contributed by atoms with E-state index in [2.05, 4.69) is 5.32 Å². The number of carboxylic acid groups (broad SMARTS) is 1. The fourth-order valence-corrected chi connectivity index (χ4v) is 1.90. The third-order valence-corrected chi connectivity index (χ3v) is 3.12. The van der Waals surface area contributed by atoms with Gasteiger partial charge in [-0.25, -0.2) is 4.79 Å². The van der Waals surface area contributed by atoms with E-state index in [1.165, 1.54) is 12.1 Å². The zero-order valence-electron chi connectivity index (χ0n) is 12.6. The Hall–Kier alpha value is -2.08. The molecule has 1 atom stereocenters. The van der Waals surface area contributed by atoms with Gasteiger partial charge in [0.15, 0.2) is 0 Å². The maximum Gasteiger partial charge on any atom is 0.335 e. The molecule has 0 saturated carbocycles. The first kappa shape index (κ1) is 17.0. The summed E-state index contributed by atoms with van der Waals surface area (Å²) < 4.78 is 5.54. The monoisotopic (exact) mass is 294 g/mol. The molecule has 6 nitrogen and oxygen atoms in total. The van der Waals surface area contributed by atoms with Crippen molar-refractivity contribution in [3.63, 3.8) is 0 Å². The Morgan fingerprint density at radius 1 is 1.33 bits per heavy atom. The SMILES string of the molecule is CNC(=O)C(C)CN(C)CCOc1ccc(C(=O)O)cc1. The molecule has 0 heterocycles. The van der Waals surface area contributed by atoms with Gasteiger partial charge in [0, 0.05) is 26.1 Å². The molecule has 0 spiro atoms. The molecule has 1 aromatic carbocycles. The van der Waals surface area contributed by atoms with Gasteiger partial charge in [0.25, 0.3) is 0 Å². The molecule has 0 aromatic heterocycles. The molecule has 6 heteroatoms. The molecule has 0 saturated heterocycles. The van der Waals surface area contributed by atoms with Crippen molar-refractivity contribution in [2.24, 2.45) is 5.92 Å². The van der Waals surface area contributed by atoms with E-state index in [9.17, 15) is 9.59 Å². The summed E-state index contributed by atoms with van der Waals surface area (Å²) in [5, 5.41) is 11.4. The predicted octanol–water partition coefficient (Wildman–Crippen LogP) is 1.08. The van der Waals surface area contributed by atoms with Gasteiger partial charge in [-0.2, -0.15) is 0 Å². The van der Waals surface area contributed by atoms with Crippen LogP contribution in [0.2, 0.25) is 0 Å². The summed E-state index contributed by atoms with van der Waals surface area (Å²) in [6, 6.07) is 6.29. The number of hydrogen-bond acceptors (Lipinski definition) is 4. The Labute approximate surface area is 124 Å². The second kappa shape index (κ2) is 8.26. The molecule has 1 aromatic rings. The molecule has 21 heavy (non-hydrogen) atoms. The largest absolute Gasteiger partial charge is 0.492 e. The lowest BCUT2D eigenvalue weighted by atomic mass is 10.1. The molecular formula is C15H22N2O4. The molecule has 1 amide bonds. The molecule has 116 valence electrons. The van der Waals surface area contributed by atoms with Crippen molar-refractivity contribution in [1.82, 2.24) is 10.2 Å². The number of nitrogens with zero attached hydrogens (tertiary/aromatic N) is 1. The molecule has 0 bridgehead atoms. The van der Waals surface area contributed by atoms with Crippen LogP contribution in [0, 0.1) is 5.92 Å². The average Bonchev–Trinajstić information content (AvgIpc) is 2.46. The zero-order chi connectivity index (χ0) is 15.8. The van der Waals surface area contributed by atoms with Crippen LogP contribution < -0.4 is 10.1 Å². The van der Waals surface area contributed by atoms with Gasteiger partial charge in [-0.15, -0.1) is 0 Å². The number of likely N-dealkylation sites (N-methyl/N-ethyl adjacent to an activating group) is 1. The maximum atomic E-state index is 11.4. The van der Waals surface area contributed by atoms with Crippen LogP contribution in [0.25, 0.3) is 0 Å². The van der Waals surface area contributed by atoms with Crippen molar-refractivity contribution < 1.29 is 19.4 Å². The van der Waals surface area contributed by atoms with E-state index in [4.69, 9.17) is 9.84 Å². The molecule has 2 N–H and O–H groups in total. The van der Waals surface area contributed by atoms with Crippen LogP contribution in [0.15, 0.2) is 24.3 Å². The topological polar surface area (TPSA) is 78.9 Å². The van der Waals surface area contributed by atoms with Crippen LogP contribution in [0.1, 0.15) is 17.3 Å². The fourth-order valence-electron chi connectivity index (χ4n) is 1.90. The van der Waals surface area contributed by atoms with Crippen molar-refractivity contribution >= 4 is 11.9 Å². The number of carboxylic acids is 1. The van der Waals surface area contributed by atoms with Crippen LogP contribution in [0.5, 0.6) is 5.75 Å². The van der Waals surface area contributed by atoms with Gasteiger partial charge < -0.3 is 20.1 Å². The third kappa shape index (κ3) is 5.83. The molecule has 0 fully saturated rings. The lowest BCUT2D eigenvalue weighted by Crippen LogP contribution is -2.36. The first-order valence-electron chi connectivity index (χ1n) is 6.80. The highest BCUT2D eigenvalue weighted by atomic mass is 16.5. The first-order chi connectivity index (χ1) is 9.93. The van der Waals surface area contributed by atoms with Crippen LogP contribution in [-0.2, 0) is 4.79 Å². The van der Waals surface area contributed by atoms with Gasteiger partial charge in [0.1, 0.15) is 12.4 Å². The predicted molar refractivity (Wildman–Crippen MR) is 79.6 cm³/mol. The summed E-state index contributed by atoms with van der Waals surface area (Å²) in [4.78, 5) is 24.1. The van der Waals surface area contributed by atoms with Gasteiger partial charge in [-0.1, -0.05) is 6.92 Å². The Morgan fingerprint density at radius 2 is 1.95 bits per heavy atom. The van der Waals surface area contributed by atoms with Crippen LogP contribution in [0.3, 0.4) is 0 Å². The van der Waals surface area contributed by atoms with Crippen molar-refractivity contribution in [2.45, 2.75) is 6.92 Å². The average molecular weight is 294 g/mol. The van der Waals surface area contributed by atoms with Gasteiger partial charge in [0.05, 0.1) is 5.56 Å². The summed E-state index contributed by atoms with van der Waals surface area (Å²) in [6.45, 7) is 3.69. The van der Waals surface area contributed by atoms with Crippen molar-refractivity contribution in [2.75, 3.05) is 33.8 Å². The van der Waals surface area contributed by atoms with Crippen LogP contribution in [-0.4, -0.2) is 55.7 Å². The fraction of sp³-hybridized carbons (Fsp3) is 0.467. The van der Waals surface area contributed by atoms with Crippen LogP contribution >= 0.6 is 0 Å². The van der Waals surface area contributed by atoms with E-state index in [0.717, 1.165) is 0 Å². The van der Waals surface area contributed by atoms with Gasteiger partial charge in [-0.3, -0.25) is 4.79 Å².